The highest BCUT2D eigenvalue weighted by molar-refractivity contribution is 6.60. The van der Waals surface area contributed by atoms with Crippen LogP contribution in [0.1, 0.15) is 27.2 Å². The first-order valence-corrected chi connectivity index (χ1v) is 8.92. The third-order valence-electron chi connectivity index (χ3n) is 3.38. The van der Waals surface area contributed by atoms with Crippen LogP contribution >= 0.6 is 0 Å². The molecule has 0 aromatic carbocycles. The van der Waals surface area contributed by atoms with Crippen molar-refractivity contribution < 1.29 is 13.3 Å². The van der Waals surface area contributed by atoms with Crippen LogP contribution in [0.3, 0.4) is 0 Å². The van der Waals surface area contributed by atoms with Crippen molar-refractivity contribution in [1.29, 1.82) is 0 Å². The van der Waals surface area contributed by atoms with Crippen molar-refractivity contribution in [1.82, 2.24) is 4.90 Å². The van der Waals surface area contributed by atoms with E-state index in [1.807, 2.05) is 0 Å². The van der Waals surface area contributed by atoms with Gasteiger partial charge < -0.3 is 19.0 Å². The molecule has 3 aliphatic heterocycles. The van der Waals surface area contributed by atoms with E-state index in [-0.39, 0.29) is 18.3 Å². The molecule has 5 nitrogen and oxygen atoms in total. The van der Waals surface area contributed by atoms with Gasteiger partial charge in [-0.25, -0.2) is 0 Å². The molecular weight excluding hydrogens is 248 g/mol. The topological polar surface area (TPSA) is 57.0 Å². The van der Waals surface area contributed by atoms with Gasteiger partial charge in [0, 0.05) is 25.7 Å². The first-order valence-electron chi connectivity index (χ1n) is 6.99. The molecule has 0 aromatic rings. The molecule has 3 fully saturated rings. The summed E-state index contributed by atoms with van der Waals surface area (Å²) in [5, 5.41) is 0. The zero-order chi connectivity index (χ0) is 13.2. The maximum absolute atomic E-state index is 6.19. The van der Waals surface area contributed by atoms with E-state index in [1.165, 1.54) is 0 Å². The van der Waals surface area contributed by atoms with Gasteiger partial charge in [0.25, 0.3) is 0 Å². The van der Waals surface area contributed by atoms with E-state index in [0.717, 1.165) is 32.1 Å². The first kappa shape index (κ1) is 14.4. The molecule has 0 spiro atoms. The molecule has 0 saturated carbocycles. The lowest BCUT2D eigenvalue weighted by atomic mass is 10.2. The standard InChI is InChI=1S/C12H26N2O3Si/c1-10-7-14-8-11(2)16-18(15-10,6-4-5-13)17-12(3)9-14/h10-12H,4-9,13H2,1-3H3. The molecular formula is C12H26N2O3Si. The van der Waals surface area contributed by atoms with Crippen molar-refractivity contribution in [3.05, 3.63) is 0 Å². The predicted octanol–water partition coefficient (Wildman–Crippen LogP) is 0.819. The van der Waals surface area contributed by atoms with Gasteiger partial charge in [-0.1, -0.05) is 0 Å². The molecule has 6 heteroatoms. The first-order chi connectivity index (χ1) is 8.53. The fourth-order valence-electron chi connectivity index (χ4n) is 2.92. The van der Waals surface area contributed by atoms with Crippen LogP contribution in [0.15, 0.2) is 0 Å². The fourth-order valence-corrected chi connectivity index (χ4v) is 6.14. The number of nitrogens with two attached hydrogens (primary N) is 1. The van der Waals surface area contributed by atoms with Crippen LogP contribution in [0, 0.1) is 0 Å². The average molecular weight is 274 g/mol. The van der Waals surface area contributed by atoms with Gasteiger partial charge in [-0.3, -0.25) is 4.90 Å². The summed E-state index contributed by atoms with van der Waals surface area (Å²) in [5.41, 5.74) is 5.63. The molecule has 0 aliphatic carbocycles. The normalized spacial score (nSPS) is 45.3. The Morgan fingerprint density at radius 3 is 1.83 bits per heavy atom. The Bertz CT molecular complexity index is 244. The van der Waals surface area contributed by atoms with Crippen molar-refractivity contribution >= 4 is 8.80 Å². The molecule has 3 saturated heterocycles. The maximum Gasteiger partial charge on any atom is 0.501 e. The second kappa shape index (κ2) is 5.98. The number of hydrogen-bond acceptors (Lipinski definition) is 5. The molecule has 3 atom stereocenters. The minimum atomic E-state index is -2.54. The van der Waals surface area contributed by atoms with E-state index in [1.54, 1.807) is 0 Å². The van der Waals surface area contributed by atoms with Crippen molar-refractivity contribution in [2.45, 2.75) is 51.5 Å². The summed E-state index contributed by atoms with van der Waals surface area (Å²) < 4.78 is 18.6. The number of nitrogens with zero attached hydrogens (tertiary/aromatic N) is 1. The van der Waals surface area contributed by atoms with Crippen LogP contribution < -0.4 is 5.73 Å². The molecule has 0 amide bonds. The van der Waals surface area contributed by atoms with Gasteiger partial charge in [0.1, 0.15) is 0 Å². The predicted molar refractivity (Wildman–Crippen MR) is 72.3 cm³/mol. The van der Waals surface area contributed by atoms with Gasteiger partial charge in [0.15, 0.2) is 0 Å². The Morgan fingerprint density at radius 2 is 1.44 bits per heavy atom. The quantitative estimate of drug-likeness (QED) is 0.772. The van der Waals surface area contributed by atoms with Crippen molar-refractivity contribution in [3.8, 4) is 0 Å². The van der Waals surface area contributed by atoms with Crippen molar-refractivity contribution in [2.75, 3.05) is 26.2 Å². The number of fused-ring (bicyclic) bond motifs is 6. The van der Waals surface area contributed by atoms with Crippen LogP contribution in [-0.4, -0.2) is 58.2 Å². The Morgan fingerprint density at radius 1 is 1.00 bits per heavy atom. The highest BCUT2D eigenvalue weighted by atomic mass is 28.4. The molecule has 3 rings (SSSR count). The maximum atomic E-state index is 6.19. The molecule has 18 heavy (non-hydrogen) atoms. The lowest BCUT2D eigenvalue weighted by molar-refractivity contribution is -0.0790. The van der Waals surface area contributed by atoms with Gasteiger partial charge in [0.05, 0.1) is 18.3 Å². The average Bonchev–Trinajstić information content (AvgIpc) is 2.21. The van der Waals surface area contributed by atoms with Crippen LogP contribution in [0.4, 0.5) is 0 Å². The minimum Gasteiger partial charge on any atom is -0.369 e. The Kier molecular flexibility index (Phi) is 4.79. The van der Waals surface area contributed by atoms with Crippen LogP contribution in [0.25, 0.3) is 0 Å². The molecule has 2 bridgehead atoms. The lowest BCUT2D eigenvalue weighted by Crippen LogP contribution is -2.61. The van der Waals surface area contributed by atoms with E-state index in [2.05, 4.69) is 25.7 Å². The Labute approximate surface area is 111 Å². The van der Waals surface area contributed by atoms with E-state index in [9.17, 15) is 0 Å². The third kappa shape index (κ3) is 3.52. The Hall–Kier alpha value is 0.0169. The molecule has 3 aliphatic rings. The van der Waals surface area contributed by atoms with E-state index in [0.29, 0.717) is 6.54 Å². The second-order valence-corrected chi connectivity index (χ2v) is 8.15. The SMILES string of the molecule is CC1CN2CC(C)O[Si](CCCN)(O1)OC(C)C2. The van der Waals surface area contributed by atoms with Gasteiger partial charge in [-0.2, -0.15) is 0 Å². The van der Waals surface area contributed by atoms with Crippen LogP contribution in [0.2, 0.25) is 6.04 Å². The molecule has 106 valence electrons. The monoisotopic (exact) mass is 274 g/mol. The van der Waals surface area contributed by atoms with Crippen molar-refractivity contribution in [3.63, 3.8) is 0 Å². The molecule has 0 aromatic heterocycles. The molecule has 3 heterocycles. The van der Waals surface area contributed by atoms with Gasteiger partial charge in [-0.15, -0.1) is 0 Å². The highest BCUT2D eigenvalue weighted by Gasteiger charge is 2.48. The van der Waals surface area contributed by atoms with Crippen LogP contribution in [-0.2, 0) is 13.3 Å². The van der Waals surface area contributed by atoms with E-state index in [4.69, 9.17) is 19.0 Å². The largest absolute Gasteiger partial charge is 0.501 e. The Balaban J connectivity index is 2.18. The minimum absolute atomic E-state index is 0.175. The van der Waals surface area contributed by atoms with E-state index < -0.39 is 8.80 Å². The van der Waals surface area contributed by atoms with Crippen LogP contribution in [0.5, 0.6) is 0 Å². The van der Waals surface area contributed by atoms with Crippen molar-refractivity contribution in [2.24, 2.45) is 5.73 Å². The summed E-state index contributed by atoms with van der Waals surface area (Å²) in [7, 11) is -2.54. The summed E-state index contributed by atoms with van der Waals surface area (Å²) >= 11 is 0. The number of rotatable bonds is 3. The van der Waals surface area contributed by atoms with Gasteiger partial charge in [-0.05, 0) is 33.7 Å². The summed E-state index contributed by atoms with van der Waals surface area (Å²) in [6.45, 7) is 9.89. The molecule has 3 unspecified atom stereocenters. The smallest absolute Gasteiger partial charge is 0.369 e. The third-order valence-corrected chi connectivity index (χ3v) is 6.63. The van der Waals surface area contributed by atoms with E-state index >= 15 is 0 Å². The second-order valence-electron chi connectivity index (χ2n) is 5.58. The number of hydrogen-bond donors (Lipinski definition) is 1. The fraction of sp³-hybridized carbons (Fsp3) is 1.00. The zero-order valence-electron chi connectivity index (χ0n) is 11.7. The summed E-state index contributed by atoms with van der Waals surface area (Å²) in [4.78, 5) is 2.38. The summed E-state index contributed by atoms with van der Waals surface area (Å²) in [6, 6.07) is 0.836. The molecule has 2 N–H and O–H groups in total. The van der Waals surface area contributed by atoms with Gasteiger partial charge >= 0.3 is 8.80 Å². The summed E-state index contributed by atoms with van der Waals surface area (Å²) in [6.07, 6.45) is 1.43. The van der Waals surface area contributed by atoms with Gasteiger partial charge in [0.2, 0.25) is 0 Å². The highest BCUT2D eigenvalue weighted by Crippen LogP contribution is 2.28. The summed E-state index contributed by atoms with van der Waals surface area (Å²) in [5.74, 6) is 0. The molecule has 0 radical (unpaired) electrons. The lowest BCUT2D eigenvalue weighted by Gasteiger charge is -2.45. The zero-order valence-corrected chi connectivity index (χ0v) is 12.7.